The van der Waals surface area contributed by atoms with Crippen molar-refractivity contribution in [2.45, 2.75) is 59.5 Å². The maximum atomic E-state index is 4.43. The van der Waals surface area contributed by atoms with Crippen LogP contribution in [-0.4, -0.2) is 17.9 Å². The van der Waals surface area contributed by atoms with Crippen LogP contribution in [0.1, 0.15) is 47.5 Å². The Hall–Kier alpha value is -0.0105. The molecule has 0 aliphatic rings. The van der Waals surface area contributed by atoms with Gasteiger partial charge in [0.05, 0.1) is 0 Å². The molecule has 0 N–H and O–H groups in total. The van der Waals surface area contributed by atoms with Gasteiger partial charge in [-0.2, -0.15) is 0 Å². The van der Waals surface area contributed by atoms with E-state index in [0.717, 1.165) is 18.7 Å². The van der Waals surface area contributed by atoms with Crippen LogP contribution in [0.3, 0.4) is 0 Å². The average Bonchev–Trinajstić information content (AvgIpc) is 2.03. The zero-order valence-electron chi connectivity index (χ0n) is 9.26. The van der Waals surface area contributed by atoms with E-state index >= 15 is 0 Å². The van der Waals surface area contributed by atoms with E-state index in [0.29, 0.717) is 12.1 Å². The van der Waals surface area contributed by atoms with Crippen molar-refractivity contribution >= 4 is 5.84 Å². The fourth-order valence-electron chi connectivity index (χ4n) is 0.854. The monoisotopic (exact) mass is 232 g/mol. The third kappa shape index (κ3) is 8.32. The van der Waals surface area contributed by atoms with E-state index in [4.69, 9.17) is 0 Å². The molecule has 0 aliphatic heterocycles. The van der Waals surface area contributed by atoms with Gasteiger partial charge in [0, 0.05) is 0 Å². The molecule has 0 aromatic carbocycles. The summed E-state index contributed by atoms with van der Waals surface area (Å²) >= 11 is 0. The third-order valence-electron chi connectivity index (χ3n) is 2.00. The molecule has 0 spiro atoms. The zero-order valence-corrected chi connectivity index (χ0v) is 10.2. The molecule has 0 saturated heterocycles. The Kier molecular flexibility index (Phi) is 10.2. The summed E-state index contributed by atoms with van der Waals surface area (Å²) in [6, 6.07) is 0.829. The minimum absolute atomic E-state index is 0. The molecule has 0 fully saturated rings. The van der Waals surface area contributed by atoms with E-state index in [-0.39, 0.29) is 17.1 Å². The summed E-state index contributed by atoms with van der Waals surface area (Å²) in [6.45, 7) is 10.5. The number of aliphatic imine (C=N–C) groups is 1. The van der Waals surface area contributed by atoms with E-state index in [1.807, 2.05) is 6.92 Å². The number of rotatable bonds is 4. The summed E-state index contributed by atoms with van der Waals surface area (Å²) in [6.07, 6.45) is 2.18. The standard InChI is InChI=1S/C10H21N2.Cu/c1-6-8(3)11-10(5)12-9(4)7-2;/h8-9H,6-7H2,1-5H3;/q-1;+1. The smallest absolute Gasteiger partial charge is 0.466 e. The molecule has 82 valence electrons. The minimum atomic E-state index is 0. The van der Waals surface area contributed by atoms with Gasteiger partial charge >= 0.3 is 17.1 Å². The Bertz CT molecular complexity index is 146. The van der Waals surface area contributed by atoms with Gasteiger partial charge in [-0.05, 0) is 19.0 Å². The molecule has 0 aliphatic carbocycles. The predicted octanol–water partition coefficient (Wildman–Crippen LogP) is 3.37. The molecule has 0 heterocycles. The summed E-state index contributed by atoms with van der Waals surface area (Å²) in [7, 11) is 0. The van der Waals surface area contributed by atoms with Crippen LogP contribution < -0.4 is 0 Å². The second-order valence-corrected chi connectivity index (χ2v) is 3.32. The van der Waals surface area contributed by atoms with Crippen LogP contribution in [0.25, 0.3) is 5.32 Å². The second-order valence-electron chi connectivity index (χ2n) is 3.32. The summed E-state index contributed by atoms with van der Waals surface area (Å²) in [5.41, 5.74) is 0. The summed E-state index contributed by atoms with van der Waals surface area (Å²) in [5.74, 6) is 0.943. The van der Waals surface area contributed by atoms with Crippen molar-refractivity contribution in [2.24, 2.45) is 4.99 Å². The van der Waals surface area contributed by atoms with Gasteiger partial charge < -0.3 is 10.3 Å². The van der Waals surface area contributed by atoms with Crippen molar-refractivity contribution in [2.75, 3.05) is 0 Å². The molecule has 13 heavy (non-hydrogen) atoms. The van der Waals surface area contributed by atoms with Gasteiger partial charge in [0.1, 0.15) is 0 Å². The normalized spacial score (nSPS) is 15.9. The molecule has 0 rings (SSSR count). The summed E-state index contributed by atoms with van der Waals surface area (Å²) in [4.78, 5) is 4.43. The molecule has 0 aromatic heterocycles. The molecule has 0 amide bonds. The zero-order chi connectivity index (χ0) is 9.56. The molecule has 0 bridgehead atoms. The number of nitrogens with zero attached hydrogens (tertiary/aromatic N) is 2. The molecule has 2 unspecified atom stereocenters. The summed E-state index contributed by atoms with van der Waals surface area (Å²) in [5, 5.41) is 4.43. The molecular weight excluding hydrogens is 212 g/mol. The Morgan fingerprint density at radius 2 is 1.77 bits per heavy atom. The van der Waals surface area contributed by atoms with Crippen molar-refractivity contribution in [1.29, 1.82) is 0 Å². The van der Waals surface area contributed by atoms with Crippen molar-refractivity contribution in [3.8, 4) is 0 Å². The Balaban J connectivity index is 0. The molecule has 0 radical (unpaired) electrons. The fourth-order valence-corrected chi connectivity index (χ4v) is 0.854. The van der Waals surface area contributed by atoms with Crippen molar-refractivity contribution in [3.05, 3.63) is 5.32 Å². The topological polar surface area (TPSA) is 26.5 Å². The second kappa shape index (κ2) is 8.58. The van der Waals surface area contributed by atoms with Gasteiger partial charge in [-0.1, -0.05) is 46.4 Å². The quantitative estimate of drug-likeness (QED) is 0.404. The van der Waals surface area contributed by atoms with Crippen LogP contribution in [0.5, 0.6) is 0 Å². The molecule has 3 heteroatoms. The van der Waals surface area contributed by atoms with E-state index in [9.17, 15) is 0 Å². The number of hydrogen-bond donors (Lipinski definition) is 0. The number of hydrogen-bond acceptors (Lipinski definition) is 1. The van der Waals surface area contributed by atoms with Gasteiger partial charge in [-0.25, -0.2) is 0 Å². The molecule has 2 nitrogen and oxygen atoms in total. The first-order chi connectivity index (χ1) is 5.60. The van der Waals surface area contributed by atoms with Gasteiger partial charge in [0.15, 0.2) is 0 Å². The molecule has 0 aromatic rings. The van der Waals surface area contributed by atoms with Gasteiger partial charge in [0.25, 0.3) is 0 Å². The molecule has 0 saturated carbocycles. The van der Waals surface area contributed by atoms with E-state index in [2.05, 4.69) is 38.0 Å². The van der Waals surface area contributed by atoms with E-state index in [1.165, 1.54) is 0 Å². The number of amidine groups is 1. The first-order valence-corrected chi connectivity index (χ1v) is 4.85. The maximum absolute atomic E-state index is 4.43. The Morgan fingerprint density at radius 1 is 1.23 bits per heavy atom. The van der Waals surface area contributed by atoms with Crippen molar-refractivity contribution in [1.82, 2.24) is 0 Å². The Labute approximate surface area is 93.1 Å². The van der Waals surface area contributed by atoms with Gasteiger partial charge in [0.2, 0.25) is 0 Å². The average molecular weight is 233 g/mol. The van der Waals surface area contributed by atoms with Crippen molar-refractivity contribution < 1.29 is 17.1 Å². The Morgan fingerprint density at radius 3 is 2.15 bits per heavy atom. The largest absolute Gasteiger partial charge is 1.00 e. The SMILES string of the molecule is CCC(C)N=C(C)[N-]C(C)CC.[Cu+]. The first kappa shape index (κ1) is 15.5. The predicted molar refractivity (Wildman–Crippen MR) is 56.0 cm³/mol. The minimum Gasteiger partial charge on any atom is -0.466 e. The van der Waals surface area contributed by atoms with Crippen LogP contribution in [0.15, 0.2) is 4.99 Å². The molecule has 2 atom stereocenters. The summed E-state index contributed by atoms with van der Waals surface area (Å²) < 4.78 is 0. The van der Waals surface area contributed by atoms with Gasteiger partial charge in [-0.15, -0.1) is 0 Å². The van der Waals surface area contributed by atoms with Crippen LogP contribution in [0.2, 0.25) is 0 Å². The van der Waals surface area contributed by atoms with Crippen LogP contribution in [0, 0.1) is 0 Å². The fraction of sp³-hybridized carbons (Fsp3) is 0.900. The van der Waals surface area contributed by atoms with Gasteiger partial charge in [-0.3, -0.25) is 0 Å². The third-order valence-corrected chi connectivity index (χ3v) is 2.00. The first-order valence-electron chi connectivity index (χ1n) is 4.85. The van der Waals surface area contributed by atoms with Crippen LogP contribution in [-0.2, 0) is 17.1 Å². The van der Waals surface area contributed by atoms with Crippen molar-refractivity contribution in [3.63, 3.8) is 0 Å². The van der Waals surface area contributed by atoms with E-state index in [1.54, 1.807) is 0 Å². The maximum Gasteiger partial charge on any atom is 1.00 e. The molecular formula is C10H21CuN2. The van der Waals surface area contributed by atoms with E-state index < -0.39 is 0 Å². The van der Waals surface area contributed by atoms with Crippen LogP contribution in [0.4, 0.5) is 0 Å². The van der Waals surface area contributed by atoms with Crippen LogP contribution >= 0.6 is 0 Å².